The third kappa shape index (κ3) is 3.06. The van der Waals surface area contributed by atoms with E-state index in [1.807, 2.05) is 0 Å². The molecule has 1 aromatic carbocycles. The zero-order valence-electron chi connectivity index (χ0n) is 8.83. The Morgan fingerprint density at radius 2 is 1.67 bits per heavy atom. The number of rotatable bonds is 3. The van der Waals surface area contributed by atoms with Gasteiger partial charge in [0.2, 0.25) is 5.91 Å². The lowest BCUT2D eigenvalue weighted by Crippen LogP contribution is -2.06. The van der Waals surface area contributed by atoms with E-state index in [0.717, 1.165) is 0 Å². The second-order valence-corrected chi connectivity index (χ2v) is 3.37. The molecule has 1 aromatic rings. The molecule has 0 aliphatic heterocycles. The quantitative estimate of drug-likeness (QED) is 0.605. The number of nitrogens with one attached hydrogen (secondary N) is 1. The van der Waals surface area contributed by atoms with E-state index in [1.165, 1.54) is 6.92 Å². The molecule has 15 heavy (non-hydrogen) atoms. The lowest BCUT2D eigenvalue weighted by atomic mass is 10.1. The number of hydrogen-bond acceptors (Lipinski definition) is 2. The number of Topliss-reactive ketones (excluding diaryl/α,β-unsaturated/α-hetero) is 1. The van der Waals surface area contributed by atoms with Gasteiger partial charge < -0.3 is 5.32 Å². The smallest absolute Gasteiger partial charge is 0.221 e. The van der Waals surface area contributed by atoms with Gasteiger partial charge in [0.15, 0.2) is 5.78 Å². The van der Waals surface area contributed by atoms with E-state index in [9.17, 15) is 9.59 Å². The molecule has 1 rings (SSSR count). The van der Waals surface area contributed by atoms with Gasteiger partial charge >= 0.3 is 0 Å². The zero-order chi connectivity index (χ0) is 11.4. The molecule has 0 aliphatic rings. The van der Waals surface area contributed by atoms with Crippen LogP contribution in [0.1, 0.15) is 24.2 Å². The van der Waals surface area contributed by atoms with Gasteiger partial charge in [0.1, 0.15) is 0 Å². The van der Waals surface area contributed by atoms with Crippen molar-refractivity contribution in [3.05, 3.63) is 42.0 Å². The standard InChI is InChI=1S/C12H13NO2/c1-8(2)12(15)10-4-6-11(7-5-10)13-9(3)14/h4-7H,1H2,2-3H3,(H,13,14). The fraction of sp³-hybridized carbons (Fsp3) is 0.167. The van der Waals surface area contributed by atoms with E-state index >= 15 is 0 Å². The molecule has 1 amide bonds. The van der Waals surface area contributed by atoms with Crippen molar-refractivity contribution >= 4 is 17.4 Å². The van der Waals surface area contributed by atoms with Crippen molar-refractivity contribution in [3.8, 4) is 0 Å². The largest absolute Gasteiger partial charge is 0.326 e. The molecule has 0 heterocycles. The average molecular weight is 203 g/mol. The molecule has 78 valence electrons. The number of carbonyl (C=O) groups excluding carboxylic acids is 2. The maximum absolute atomic E-state index is 11.5. The number of ketones is 1. The Morgan fingerprint density at radius 1 is 1.13 bits per heavy atom. The van der Waals surface area contributed by atoms with Crippen LogP contribution in [-0.2, 0) is 4.79 Å². The lowest BCUT2D eigenvalue weighted by Gasteiger charge is -2.03. The summed E-state index contributed by atoms with van der Waals surface area (Å²) in [7, 11) is 0. The topological polar surface area (TPSA) is 46.2 Å². The van der Waals surface area contributed by atoms with Crippen molar-refractivity contribution in [2.75, 3.05) is 5.32 Å². The van der Waals surface area contributed by atoms with Gasteiger partial charge in [-0.05, 0) is 36.8 Å². The molecule has 0 aliphatic carbocycles. The summed E-state index contributed by atoms with van der Waals surface area (Å²) < 4.78 is 0. The van der Waals surface area contributed by atoms with Crippen LogP contribution in [0.3, 0.4) is 0 Å². The van der Waals surface area contributed by atoms with E-state index in [2.05, 4.69) is 11.9 Å². The Kier molecular flexibility index (Phi) is 3.39. The third-order valence-electron chi connectivity index (χ3n) is 1.86. The van der Waals surface area contributed by atoms with Crippen molar-refractivity contribution in [3.63, 3.8) is 0 Å². The summed E-state index contributed by atoms with van der Waals surface area (Å²) in [6.45, 7) is 6.69. The molecule has 0 radical (unpaired) electrons. The summed E-state index contributed by atoms with van der Waals surface area (Å²) in [5.41, 5.74) is 1.76. The first-order chi connectivity index (χ1) is 7.00. The molecule has 0 bridgehead atoms. The van der Waals surface area contributed by atoms with Crippen LogP contribution in [0.4, 0.5) is 5.69 Å². The lowest BCUT2D eigenvalue weighted by molar-refractivity contribution is -0.114. The number of benzene rings is 1. The Morgan fingerprint density at radius 3 is 2.07 bits per heavy atom. The van der Waals surface area contributed by atoms with Gasteiger partial charge in [-0.15, -0.1) is 0 Å². The van der Waals surface area contributed by atoms with Crippen molar-refractivity contribution in [2.45, 2.75) is 13.8 Å². The molecule has 1 N–H and O–H groups in total. The summed E-state index contributed by atoms with van der Waals surface area (Å²) in [6, 6.07) is 6.72. The summed E-state index contributed by atoms with van der Waals surface area (Å²) in [5.74, 6) is -0.210. The molecule has 0 atom stereocenters. The summed E-state index contributed by atoms with van der Waals surface area (Å²) >= 11 is 0. The highest BCUT2D eigenvalue weighted by Gasteiger charge is 2.05. The van der Waals surface area contributed by atoms with Crippen LogP contribution in [0.5, 0.6) is 0 Å². The SMILES string of the molecule is C=C(C)C(=O)c1ccc(NC(C)=O)cc1. The number of anilines is 1. The number of carbonyl (C=O) groups is 2. The Bertz CT molecular complexity index is 404. The first-order valence-electron chi connectivity index (χ1n) is 4.58. The molecule has 0 unspecified atom stereocenters. The van der Waals surface area contributed by atoms with Crippen LogP contribution in [0.2, 0.25) is 0 Å². The summed E-state index contributed by atoms with van der Waals surface area (Å²) in [6.07, 6.45) is 0. The second-order valence-electron chi connectivity index (χ2n) is 3.37. The fourth-order valence-corrected chi connectivity index (χ4v) is 1.15. The molecular weight excluding hydrogens is 190 g/mol. The first-order valence-corrected chi connectivity index (χ1v) is 4.58. The first kappa shape index (κ1) is 11.2. The Hall–Kier alpha value is -1.90. The van der Waals surface area contributed by atoms with Gasteiger partial charge in [0.05, 0.1) is 0 Å². The van der Waals surface area contributed by atoms with Gasteiger partial charge in [0, 0.05) is 18.2 Å². The predicted molar refractivity (Wildman–Crippen MR) is 59.9 cm³/mol. The minimum Gasteiger partial charge on any atom is -0.326 e. The summed E-state index contributed by atoms with van der Waals surface area (Å²) in [4.78, 5) is 22.2. The van der Waals surface area contributed by atoms with Gasteiger partial charge in [-0.2, -0.15) is 0 Å². The molecule has 0 aromatic heterocycles. The minimum absolute atomic E-state index is 0.0793. The van der Waals surface area contributed by atoms with Crippen molar-refractivity contribution in [2.24, 2.45) is 0 Å². The second kappa shape index (κ2) is 4.55. The van der Waals surface area contributed by atoms with Crippen LogP contribution in [-0.4, -0.2) is 11.7 Å². The van der Waals surface area contributed by atoms with Crippen molar-refractivity contribution < 1.29 is 9.59 Å². The van der Waals surface area contributed by atoms with E-state index in [-0.39, 0.29) is 11.7 Å². The molecule has 3 heteroatoms. The van der Waals surface area contributed by atoms with E-state index in [4.69, 9.17) is 0 Å². The maximum Gasteiger partial charge on any atom is 0.221 e. The molecule has 0 saturated carbocycles. The molecule has 0 fully saturated rings. The Labute approximate surface area is 88.8 Å². The van der Waals surface area contributed by atoms with Crippen LogP contribution in [0.15, 0.2) is 36.4 Å². The fourth-order valence-electron chi connectivity index (χ4n) is 1.15. The highest BCUT2D eigenvalue weighted by atomic mass is 16.1. The summed E-state index contributed by atoms with van der Waals surface area (Å²) in [5, 5.41) is 2.63. The Balaban J connectivity index is 2.85. The van der Waals surface area contributed by atoms with Crippen LogP contribution in [0, 0.1) is 0 Å². The molecule has 0 saturated heterocycles. The average Bonchev–Trinajstić information content (AvgIpc) is 2.17. The highest BCUT2D eigenvalue weighted by Crippen LogP contribution is 2.12. The molecule has 0 spiro atoms. The van der Waals surface area contributed by atoms with Gasteiger partial charge in [0.25, 0.3) is 0 Å². The third-order valence-corrected chi connectivity index (χ3v) is 1.86. The predicted octanol–water partition coefficient (Wildman–Crippen LogP) is 2.40. The van der Waals surface area contributed by atoms with E-state index < -0.39 is 0 Å². The van der Waals surface area contributed by atoms with Crippen LogP contribution >= 0.6 is 0 Å². The molecule has 3 nitrogen and oxygen atoms in total. The maximum atomic E-state index is 11.5. The van der Waals surface area contributed by atoms with Crippen LogP contribution in [0.25, 0.3) is 0 Å². The minimum atomic E-state index is -0.131. The molecular formula is C12H13NO2. The number of amides is 1. The van der Waals surface area contributed by atoms with Gasteiger partial charge in [-0.3, -0.25) is 9.59 Å². The number of hydrogen-bond donors (Lipinski definition) is 1. The normalized spacial score (nSPS) is 9.47. The van der Waals surface area contributed by atoms with E-state index in [1.54, 1.807) is 31.2 Å². The van der Waals surface area contributed by atoms with Gasteiger partial charge in [-0.25, -0.2) is 0 Å². The van der Waals surface area contributed by atoms with Gasteiger partial charge in [-0.1, -0.05) is 6.58 Å². The zero-order valence-corrected chi connectivity index (χ0v) is 8.83. The van der Waals surface area contributed by atoms with Crippen molar-refractivity contribution in [1.82, 2.24) is 0 Å². The number of allylic oxidation sites excluding steroid dienone is 1. The highest BCUT2D eigenvalue weighted by molar-refractivity contribution is 6.08. The monoisotopic (exact) mass is 203 g/mol. The van der Waals surface area contributed by atoms with Crippen LogP contribution < -0.4 is 5.32 Å². The van der Waals surface area contributed by atoms with E-state index in [0.29, 0.717) is 16.8 Å². The van der Waals surface area contributed by atoms with Crippen molar-refractivity contribution in [1.29, 1.82) is 0 Å².